The summed E-state index contributed by atoms with van der Waals surface area (Å²) in [4.78, 5) is 38.2. The lowest BCUT2D eigenvalue weighted by Gasteiger charge is -2.35. The number of amides is 2. The number of aliphatic carboxylic acids is 1. The van der Waals surface area contributed by atoms with E-state index in [1.165, 1.54) is 4.90 Å². The summed E-state index contributed by atoms with van der Waals surface area (Å²) in [5, 5.41) is 12.0. The summed E-state index contributed by atoms with van der Waals surface area (Å²) in [6.45, 7) is 7.16. The third-order valence-corrected chi connectivity index (χ3v) is 6.13. The maximum Gasteiger partial charge on any atom is 0.407 e. The number of carbonyl (C=O) groups excluding carboxylic acids is 2. The highest BCUT2D eigenvalue weighted by Crippen LogP contribution is 2.44. The molecule has 0 heterocycles. The van der Waals surface area contributed by atoms with Crippen LogP contribution in [-0.2, 0) is 14.3 Å². The summed E-state index contributed by atoms with van der Waals surface area (Å²) in [5.74, 6) is -1.43. The Morgan fingerprint density at radius 2 is 1.59 bits per heavy atom. The standard InChI is InChI=1S/C27H34N2O5/c1-5-10-18(15-24(30)29(16-25(31)32)27(2,3)4)28-26(33)34-17-23-21-13-8-6-11-19(21)20-12-7-9-14-22(20)23/h6-9,11-14,18,23H,5,10,15-17H2,1-4H3,(H,28,33)(H,31,32). The maximum atomic E-state index is 12.9. The first-order valence-electron chi connectivity index (χ1n) is 11.8. The first-order chi connectivity index (χ1) is 16.1. The molecule has 0 bridgehead atoms. The molecule has 0 aromatic heterocycles. The van der Waals surface area contributed by atoms with Gasteiger partial charge in [0.2, 0.25) is 5.91 Å². The van der Waals surface area contributed by atoms with E-state index in [1.54, 1.807) is 20.8 Å². The largest absolute Gasteiger partial charge is 0.480 e. The van der Waals surface area contributed by atoms with Crippen LogP contribution in [0.5, 0.6) is 0 Å². The predicted octanol–water partition coefficient (Wildman–Crippen LogP) is 4.80. The highest BCUT2D eigenvalue weighted by atomic mass is 16.5. The molecule has 3 rings (SSSR count). The Kier molecular flexibility index (Phi) is 7.97. The topological polar surface area (TPSA) is 95.9 Å². The Hall–Kier alpha value is -3.35. The second kappa shape index (κ2) is 10.7. The molecule has 1 aliphatic carbocycles. The Morgan fingerprint density at radius 1 is 1.03 bits per heavy atom. The van der Waals surface area contributed by atoms with Crippen LogP contribution in [0.1, 0.15) is 64.0 Å². The number of carbonyl (C=O) groups is 3. The van der Waals surface area contributed by atoms with E-state index in [-0.39, 0.29) is 31.4 Å². The second-order valence-electron chi connectivity index (χ2n) is 9.70. The average Bonchev–Trinajstić information content (AvgIpc) is 3.09. The number of benzene rings is 2. The zero-order chi connectivity index (χ0) is 24.9. The van der Waals surface area contributed by atoms with Gasteiger partial charge in [-0.25, -0.2) is 4.79 Å². The van der Waals surface area contributed by atoms with E-state index in [1.807, 2.05) is 31.2 Å². The fourth-order valence-corrected chi connectivity index (χ4v) is 4.54. The van der Waals surface area contributed by atoms with Gasteiger partial charge in [-0.15, -0.1) is 0 Å². The molecule has 7 nitrogen and oxygen atoms in total. The van der Waals surface area contributed by atoms with Crippen molar-refractivity contribution in [3.05, 3.63) is 59.7 Å². The fourth-order valence-electron chi connectivity index (χ4n) is 4.54. The van der Waals surface area contributed by atoms with Crippen molar-refractivity contribution >= 4 is 18.0 Å². The van der Waals surface area contributed by atoms with Gasteiger partial charge in [0.05, 0.1) is 0 Å². The monoisotopic (exact) mass is 466 g/mol. The van der Waals surface area contributed by atoms with Crippen LogP contribution in [0, 0.1) is 0 Å². The molecule has 2 aromatic rings. The molecule has 1 atom stereocenters. The number of rotatable bonds is 9. The number of nitrogens with one attached hydrogen (secondary N) is 1. The molecule has 0 aliphatic heterocycles. The van der Waals surface area contributed by atoms with Crippen LogP contribution in [0.3, 0.4) is 0 Å². The second-order valence-corrected chi connectivity index (χ2v) is 9.70. The number of ether oxygens (including phenoxy) is 1. The highest BCUT2D eigenvalue weighted by Gasteiger charge is 2.31. The van der Waals surface area contributed by atoms with Crippen LogP contribution in [0.4, 0.5) is 4.79 Å². The van der Waals surface area contributed by atoms with Crippen molar-refractivity contribution in [2.45, 2.75) is 64.5 Å². The number of nitrogens with zero attached hydrogens (tertiary/aromatic N) is 1. The smallest absolute Gasteiger partial charge is 0.407 e. The molecule has 2 aromatic carbocycles. The van der Waals surface area contributed by atoms with E-state index in [0.717, 1.165) is 28.7 Å². The van der Waals surface area contributed by atoms with Gasteiger partial charge in [0.25, 0.3) is 0 Å². The van der Waals surface area contributed by atoms with E-state index in [2.05, 4.69) is 29.6 Å². The number of hydrogen-bond donors (Lipinski definition) is 2. The van der Waals surface area contributed by atoms with Crippen molar-refractivity contribution in [1.29, 1.82) is 0 Å². The van der Waals surface area contributed by atoms with Crippen LogP contribution < -0.4 is 5.32 Å². The van der Waals surface area contributed by atoms with Gasteiger partial charge in [0.15, 0.2) is 0 Å². The fraction of sp³-hybridized carbons (Fsp3) is 0.444. The summed E-state index contributed by atoms with van der Waals surface area (Å²) >= 11 is 0. The molecular weight excluding hydrogens is 432 g/mol. The molecule has 0 fully saturated rings. The van der Waals surface area contributed by atoms with Crippen LogP contribution in [0.2, 0.25) is 0 Å². The zero-order valence-electron chi connectivity index (χ0n) is 20.3. The Balaban J connectivity index is 1.64. The van der Waals surface area contributed by atoms with Crippen LogP contribution in [0.25, 0.3) is 11.1 Å². The van der Waals surface area contributed by atoms with E-state index in [4.69, 9.17) is 4.74 Å². The van der Waals surface area contributed by atoms with Gasteiger partial charge in [0, 0.05) is 23.9 Å². The van der Waals surface area contributed by atoms with Gasteiger partial charge in [-0.3, -0.25) is 9.59 Å². The number of carboxylic acids is 1. The number of alkyl carbamates (subject to hydrolysis) is 1. The summed E-state index contributed by atoms with van der Waals surface area (Å²) < 4.78 is 5.62. The maximum absolute atomic E-state index is 12.9. The zero-order valence-corrected chi connectivity index (χ0v) is 20.3. The summed E-state index contributed by atoms with van der Waals surface area (Å²) in [5.41, 5.74) is 3.93. The van der Waals surface area contributed by atoms with Crippen molar-refractivity contribution in [2.75, 3.05) is 13.2 Å². The molecule has 0 spiro atoms. The van der Waals surface area contributed by atoms with Crippen molar-refractivity contribution < 1.29 is 24.2 Å². The predicted molar refractivity (Wildman–Crippen MR) is 131 cm³/mol. The van der Waals surface area contributed by atoms with Gasteiger partial charge < -0.3 is 20.1 Å². The number of hydrogen-bond acceptors (Lipinski definition) is 4. The lowest BCUT2D eigenvalue weighted by Crippen LogP contribution is -2.50. The highest BCUT2D eigenvalue weighted by molar-refractivity contribution is 5.83. The summed E-state index contributed by atoms with van der Waals surface area (Å²) in [6.07, 6.45) is 0.785. The molecule has 2 amide bonds. The molecule has 2 N–H and O–H groups in total. The van der Waals surface area contributed by atoms with E-state index in [0.29, 0.717) is 6.42 Å². The van der Waals surface area contributed by atoms with Crippen molar-refractivity contribution in [2.24, 2.45) is 0 Å². The number of fused-ring (bicyclic) bond motifs is 3. The Morgan fingerprint density at radius 3 is 2.09 bits per heavy atom. The van der Waals surface area contributed by atoms with Gasteiger partial charge in [-0.1, -0.05) is 61.9 Å². The Bertz CT molecular complexity index is 998. The van der Waals surface area contributed by atoms with Gasteiger partial charge in [-0.05, 0) is 49.4 Å². The van der Waals surface area contributed by atoms with Crippen LogP contribution >= 0.6 is 0 Å². The molecule has 182 valence electrons. The van der Waals surface area contributed by atoms with Gasteiger partial charge in [-0.2, -0.15) is 0 Å². The minimum absolute atomic E-state index is 0.0165. The first-order valence-corrected chi connectivity index (χ1v) is 11.8. The number of carboxylic acid groups (broad SMARTS) is 1. The normalized spacial score (nSPS) is 13.5. The van der Waals surface area contributed by atoms with E-state index in [9.17, 15) is 19.5 Å². The Labute approximate surface area is 201 Å². The minimum Gasteiger partial charge on any atom is -0.480 e. The molecule has 7 heteroatoms. The third-order valence-electron chi connectivity index (χ3n) is 6.13. The molecule has 0 saturated heterocycles. The molecule has 34 heavy (non-hydrogen) atoms. The van der Waals surface area contributed by atoms with E-state index >= 15 is 0 Å². The SMILES string of the molecule is CCCC(CC(=O)N(CC(=O)O)C(C)(C)C)NC(=O)OCC1c2ccccc2-c2ccccc21. The summed E-state index contributed by atoms with van der Waals surface area (Å²) in [6, 6.07) is 15.8. The molecular formula is C27H34N2O5. The first kappa shape index (κ1) is 25.3. The average molecular weight is 467 g/mol. The summed E-state index contributed by atoms with van der Waals surface area (Å²) in [7, 11) is 0. The molecule has 1 aliphatic rings. The van der Waals surface area contributed by atoms with Crippen LogP contribution in [-0.4, -0.2) is 52.7 Å². The van der Waals surface area contributed by atoms with E-state index < -0.39 is 23.6 Å². The van der Waals surface area contributed by atoms with Gasteiger partial charge >= 0.3 is 12.1 Å². The molecule has 0 radical (unpaired) electrons. The lowest BCUT2D eigenvalue weighted by molar-refractivity contribution is -0.148. The molecule has 1 unspecified atom stereocenters. The minimum atomic E-state index is -1.07. The van der Waals surface area contributed by atoms with Gasteiger partial charge in [0.1, 0.15) is 13.2 Å². The lowest BCUT2D eigenvalue weighted by atomic mass is 9.98. The van der Waals surface area contributed by atoms with Crippen molar-refractivity contribution in [1.82, 2.24) is 10.2 Å². The van der Waals surface area contributed by atoms with Crippen molar-refractivity contribution in [3.8, 4) is 11.1 Å². The quantitative estimate of drug-likeness (QED) is 0.554. The molecule has 0 saturated carbocycles. The third kappa shape index (κ3) is 5.95. The van der Waals surface area contributed by atoms with Crippen molar-refractivity contribution in [3.63, 3.8) is 0 Å². The van der Waals surface area contributed by atoms with Crippen LogP contribution in [0.15, 0.2) is 48.5 Å².